The van der Waals surface area contributed by atoms with Crippen LogP contribution >= 0.6 is 15.9 Å². The van der Waals surface area contributed by atoms with Crippen molar-refractivity contribution in [2.24, 2.45) is 0 Å². The molecule has 0 fully saturated rings. The maximum absolute atomic E-state index is 10.3. The predicted octanol–water partition coefficient (Wildman–Crippen LogP) is 2.27. The van der Waals surface area contributed by atoms with Crippen molar-refractivity contribution in [2.75, 3.05) is 0 Å². The molecule has 0 aromatic heterocycles. The van der Waals surface area contributed by atoms with Crippen LogP contribution in [0, 0.1) is 20.2 Å². The van der Waals surface area contributed by atoms with Crippen LogP contribution in [-0.2, 0) is 0 Å². The number of nitro benzene ring substituents is 2. The quantitative estimate of drug-likeness (QED) is 0.592. The van der Waals surface area contributed by atoms with Gasteiger partial charge in [-0.15, -0.1) is 0 Å². The molecule has 0 heterocycles. The number of nitro groups is 2. The SMILES string of the molecule is O=[N+]([O-])c1cccc([N+](=O)[O-])c1Br. The molecule has 0 spiro atoms. The highest BCUT2D eigenvalue weighted by Crippen LogP contribution is 2.32. The topological polar surface area (TPSA) is 86.3 Å². The Kier molecular flexibility index (Phi) is 2.57. The van der Waals surface area contributed by atoms with Gasteiger partial charge in [0.25, 0.3) is 11.4 Å². The monoisotopic (exact) mass is 246 g/mol. The molecule has 0 aliphatic rings. The molecule has 68 valence electrons. The lowest BCUT2D eigenvalue weighted by Crippen LogP contribution is -1.94. The fourth-order valence-electron chi connectivity index (χ4n) is 0.790. The first-order chi connectivity index (χ1) is 6.04. The first-order valence-electron chi connectivity index (χ1n) is 3.11. The molecule has 7 heteroatoms. The Labute approximate surface area is 80.6 Å². The molecular weight excluding hydrogens is 244 g/mol. The lowest BCUT2D eigenvalue weighted by atomic mass is 10.3. The molecule has 6 nitrogen and oxygen atoms in total. The van der Waals surface area contributed by atoms with Gasteiger partial charge in [0.1, 0.15) is 0 Å². The summed E-state index contributed by atoms with van der Waals surface area (Å²) >= 11 is 2.80. The van der Waals surface area contributed by atoms with E-state index in [1.54, 1.807) is 0 Å². The fraction of sp³-hybridized carbons (Fsp3) is 0. The van der Waals surface area contributed by atoms with Crippen molar-refractivity contribution in [3.8, 4) is 0 Å². The van der Waals surface area contributed by atoms with Crippen molar-refractivity contribution in [1.29, 1.82) is 0 Å². The minimum Gasteiger partial charge on any atom is -0.258 e. The molecule has 0 atom stereocenters. The standard InChI is InChI=1S/C6H3BrN2O4/c7-6-4(8(10)11)2-1-3-5(6)9(12)13/h1-3H. The van der Waals surface area contributed by atoms with E-state index in [-0.39, 0.29) is 15.8 Å². The lowest BCUT2D eigenvalue weighted by Gasteiger charge is -1.95. The molecule has 0 bridgehead atoms. The zero-order valence-corrected chi connectivity index (χ0v) is 7.72. The minimum absolute atomic E-state index is 0.106. The second-order valence-corrected chi connectivity index (χ2v) is 2.92. The fourth-order valence-corrected chi connectivity index (χ4v) is 1.34. The number of benzene rings is 1. The molecule has 0 unspecified atom stereocenters. The maximum Gasteiger partial charge on any atom is 0.290 e. The van der Waals surface area contributed by atoms with Crippen LogP contribution in [0.2, 0.25) is 0 Å². The number of hydrogen-bond acceptors (Lipinski definition) is 4. The maximum atomic E-state index is 10.3. The average molecular weight is 247 g/mol. The molecule has 0 aliphatic carbocycles. The van der Waals surface area contributed by atoms with Gasteiger partial charge in [0.05, 0.1) is 9.85 Å². The smallest absolute Gasteiger partial charge is 0.258 e. The number of hydrogen-bond donors (Lipinski definition) is 0. The van der Waals surface area contributed by atoms with Crippen LogP contribution in [0.25, 0.3) is 0 Å². The summed E-state index contributed by atoms with van der Waals surface area (Å²) in [4.78, 5) is 19.3. The lowest BCUT2D eigenvalue weighted by molar-refractivity contribution is -0.395. The Balaban J connectivity index is 3.35. The van der Waals surface area contributed by atoms with Gasteiger partial charge in [-0.1, -0.05) is 0 Å². The van der Waals surface area contributed by atoms with E-state index in [4.69, 9.17) is 0 Å². The van der Waals surface area contributed by atoms with E-state index in [0.717, 1.165) is 0 Å². The molecule has 0 radical (unpaired) electrons. The van der Waals surface area contributed by atoms with E-state index in [1.807, 2.05) is 0 Å². The Morgan fingerprint density at radius 1 is 1.08 bits per heavy atom. The summed E-state index contributed by atoms with van der Waals surface area (Å²) in [6, 6.07) is 3.65. The van der Waals surface area contributed by atoms with Gasteiger partial charge < -0.3 is 0 Å². The summed E-state index contributed by atoms with van der Waals surface area (Å²) in [5, 5.41) is 20.7. The highest BCUT2D eigenvalue weighted by molar-refractivity contribution is 9.10. The zero-order valence-electron chi connectivity index (χ0n) is 6.14. The highest BCUT2D eigenvalue weighted by Gasteiger charge is 2.21. The van der Waals surface area contributed by atoms with E-state index < -0.39 is 9.85 Å². The van der Waals surface area contributed by atoms with Crippen LogP contribution in [0.5, 0.6) is 0 Å². The Bertz CT molecular complexity index is 347. The van der Waals surface area contributed by atoms with Gasteiger partial charge in [0, 0.05) is 12.1 Å². The van der Waals surface area contributed by atoms with Crippen molar-refractivity contribution in [1.82, 2.24) is 0 Å². The Morgan fingerprint density at radius 3 is 1.77 bits per heavy atom. The third-order valence-corrected chi connectivity index (χ3v) is 2.16. The molecule has 1 aromatic carbocycles. The summed E-state index contributed by atoms with van der Waals surface area (Å²) in [7, 11) is 0. The van der Waals surface area contributed by atoms with Crippen LogP contribution in [-0.4, -0.2) is 9.85 Å². The molecule has 0 saturated carbocycles. The summed E-state index contributed by atoms with van der Waals surface area (Å²) in [5.74, 6) is 0. The van der Waals surface area contributed by atoms with Gasteiger partial charge in [0.2, 0.25) is 0 Å². The molecular formula is C6H3BrN2O4. The molecule has 13 heavy (non-hydrogen) atoms. The van der Waals surface area contributed by atoms with E-state index in [1.165, 1.54) is 18.2 Å². The number of nitrogens with zero attached hydrogens (tertiary/aromatic N) is 2. The van der Waals surface area contributed by atoms with Crippen LogP contribution in [0.1, 0.15) is 0 Å². The third-order valence-electron chi connectivity index (χ3n) is 1.35. The Morgan fingerprint density at radius 2 is 1.46 bits per heavy atom. The van der Waals surface area contributed by atoms with Gasteiger partial charge in [-0.2, -0.15) is 0 Å². The van der Waals surface area contributed by atoms with Crippen molar-refractivity contribution in [3.05, 3.63) is 42.9 Å². The summed E-state index contributed by atoms with van der Waals surface area (Å²) in [5.41, 5.74) is -0.622. The van der Waals surface area contributed by atoms with Crippen LogP contribution in [0.3, 0.4) is 0 Å². The first kappa shape index (κ1) is 9.59. The predicted molar refractivity (Wildman–Crippen MR) is 47.5 cm³/mol. The van der Waals surface area contributed by atoms with Crippen molar-refractivity contribution < 1.29 is 9.85 Å². The van der Waals surface area contributed by atoms with E-state index in [0.29, 0.717) is 0 Å². The largest absolute Gasteiger partial charge is 0.290 e. The van der Waals surface area contributed by atoms with Crippen molar-refractivity contribution in [2.45, 2.75) is 0 Å². The molecule has 0 amide bonds. The molecule has 0 aliphatic heterocycles. The van der Waals surface area contributed by atoms with Crippen LogP contribution in [0.15, 0.2) is 22.7 Å². The second kappa shape index (κ2) is 3.48. The molecule has 0 saturated heterocycles. The number of rotatable bonds is 2. The highest BCUT2D eigenvalue weighted by atomic mass is 79.9. The summed E-state index contributed by atoms with van der Waals surface area (Å²) in [6.45, 7) is 0. The molecule has 0 N–H and O–H groups in total. The van der Waals surface area contributed by atoms with Gasteiger partial charge in [-0.25, -0.2) is 0 Å². The average Bonchev–Trinajstić information content (AvgIpc) is 2.03. The van der Waals surface area contributed by atoms with Crippen molar-refractivity contribution in [3.63, 3.8) is 0 Å². The van der Waals surface area contributed by atoms with Gasteiger partial charge >= 0.3 is 0 Å². The molecule has 1 aromatic rings. The number of halogens is 1. The van der Waals surface area contributed by atoms with E-state index in [2.05, 4.69) is 15.9 Å². The first-order valence-corrected chi connectivity index (χ1v) is 3.90. The third kappa shape index (κ3) is 1.81. The van der Waals surface area contributed by atoms with Crippen molar-refractivity contribution >= 4 is 27.3 Å². The van der Waals surface area contributed by atoms with Gasteiger partial charge in [-0.05, 0) is 22.0 Å². The van der Waals surface area contributed by atoms with E-state index in [9.17, 15) is 20.2 Å². The van der Waals surface area contributed by atoms with Crippen LogP contribution in [0.4, 0.5) is 11.4 Å². The summed E-state index contributed by atoms with van der Waals surface area (Å²) < 4.78 is -0.106. The van der Waals surface area contributed by atoms with E-state index >= 15 is 0 Å². The normalized spacial score (nSPS) is 9.62. The Hall–Kier alpha value is -1.50. The second-order valence-electron chi connectivity index (χ2n) is 2.12. The summed E-state index contributed by atoms with van der Waals surface area (Å²) in [6.07, 6.45) is 0. The minimum atomic E-state index is -0.683. The van der Waals surface area contributed by atoms with Gasteiger partial charge in [-0.3, -0.25) is 20.2 Å². The molecule has 1 rings (SSSR count). The van der Waals surface area contributed by atoms with Crippen LogP contribution < -0.4 is 0 Å². The van der Waals surface area contributed by atoms with Gasteiger partial charge in [0.15, 0.2) is 4.47 Å². The zero-order chi connectivity index (χ0) is 10.0.